The van der Waals surface area contributed by atoms with E-state index in [1.165, 1.54) is 16.5 Å². The van der Waals surface area contributed by atoms with E-state index < -0.39 is 0 Å². The van der Waals surface area contributed by atoms with Crippen LogP contribution in [0.1, 0.15) is 51.2 Å². The topological polar surface area (TPSA) is 3.88 Å². The van der Waals surface area contributed by atoms with Crippen LogP contribution in [-0.4, -0.2) is 0 Å². The predicted molar refractivity (Wildman–Crippen MR) is 117 cm³/mol. The maximum atomic E-state index is 14.7. The van der Waals surface area contributed by atoms with Gasteiger partial charge in [0, 0.05) is 12.5 Å². The second-order valence-electron chi connectivity index (χ2n) is 8.00. The van der Waals surface area contributed by atoms with Crippen LogP contribution in [0, 0.1) is 12.7 Å². The number of pyridine rings is 1. The Balaban J connectivity index is 2.43. The molecule has 0 radical (unpaired) electrons. The van der Waals surface area contributed by atoms with Crippen molar-refractivity contribution < 1.29 is 8.96 Å². The van der Waals surface area contributed by atoms with Crippen molar-refractivity contribution in [2.75, 3.05) is 0 Å². The molecule has 2 aromatic carbocycles. The standard InChI is InChI=1S/C26H31FN/c1-6-14-26(5,8-3)23-18-24(27)19(4)17-22(23)25-21-12-10-9-11-20(21)13-16-28(25)15-7-2/h6,9-13,16-18H,1,7-8,14-15H2,2-5H3/q+1. The number of hydrogen-bond donors (Lipinski definition) is 0. The molecule has 1 nitrogen and oxygen atoms in total. The third-order valence-corrected chi connectivity index (χ3v) is 5.98. The number of halogens is 1. The second kappa shape index (κ2) is 8.26. The minimum atomic E-state index is -0.160. The first-order valence-electron chi connectivity index (χ1n) is 10.3. The van der Waals surface area contributed by atoms with Gasteiger partial charge in [0.05, 0.1) is 10.9 Å². The molecule has 0 fully saturated rings. The summed E-state index contributed by atoms with van der Waals surface area (Å²) in [5, 5.41) is 2.42. The summed E-state index contributed by atoms with van der Waals surface area (Å²) in [7, 11) is 0. The summed E-state index contributed by atoms with van der Waals surface area (Å²) in [6.45, 7) is 13.3. The van der Waals surface area contributed by atoms with E-state index in [0.717, 1.165) is 36.9 Å². The van der Waals surface area contributed by atoms with Crippen molar-refractivity contribution in [1.29, 1.82) is 0 Å². The van der Waals surface area contributed by atoms with Crippen LogP contribution in [0.5, 0.6) is 0 Å². The zero-order chi connectivity index (χ0) is 20.3. The average Bonchev–Trinajstić information content (AvgIpc) is 2.70. The highest BCUT2D eigenvalue weighted by molar-refractivity contribution is 5.93. The number of fused-ring (bicyclic) bond motifs is 1. The fourth-order valence-corrected chi connectivity index (χ4v) is 4.12. The minimum Gasteiger partial charge on any atom is -0.207 e. The lowest BCUT2D eigenvalue weighted by molar-refractivity contribution is -0.685. The fraction of sp³-hybridized carbons (Fsp3) is 0.346. The van der Waals surface area contributed by atoms with Crippen LogP contribution < -0.4 is 4.57 Å². The highest BCUT2D eigenvalue weighted by Gasteiger charge is 2.31. The molecule has 0 spiro atoms. The number of hydrogen-bond acceptors (Lipinski definition) is 0. The Bertz CT molecular complexity index is 1000. The summed E-state index contributed by atoms with van der Waals surface area (Å²) in [5.41, 5.74) is 3.91. The van der Waals surface area contributed by atoms with Gasteiger partial charge in [-0.15, -0.1) is 6.58 Å². The van der Waals surface area contributed by atoms with Crippen molar-refractivity contribution in [2.24, 2.45) is 0 Å². The molecule has 1 aromatic heterocycles. The van der Waals surface area contributed by atoms with E-state index in [0.29, 0.717) is 5.56 Å². The Morgan fingerprint density at radius 3 is 2.57 bits per heavy atom. The average molecular weight is 377 g/mol. The largest absolute Gasteiger partial charge is 0.220 e. The van der Waals surface area contributed by atoms with Gasteiger partial charge < -0.3 is 0 Å². The lowest BCUT2D eigenvalue weighted by atomic mass is 9.74. The third-order valence-electron chi connectivity index (χ3n) is 5.98. The van der Waals surface area contributed by atoms with E-state index in [9.17, 15) is 4.39 Å². The molecule has 146 valence electrons. The molecule has 0 saturated heterocycles. The zero-order valence-electron chi connectivity index (χ0n) is 17.6. The highest BCUT2D eigenvalue weighted by atomic mass is 19.1. The van der Waals surface area contributed by atoms with Crippen molar-refractivity contribution in [3.63, 3.8) is 0 Å². The number of aryl methyl sites for hydroxylation is 2. The van der Waals surface area contributed by atoms with Crippen molar-refractivity contribution in [1.82, 2.24) is 0 Å². The molecule has 0 bridgehead atoms. The Kier molecular flexibility index (Phi) is 5.98. The molecule has 0 aliphatic heterocycles. The molecular formula is C26H31FN+. The maximum absolute atomic E-state index is 14.7. The van der Waals surface area contributed by atoms with Crippen molar-refractivity contribution in [3.8, 4) is 11.3 Å². The van der Waals surface area contributed by atoms with Crippen molar-refractivity contribution >= 4 is 10.8 Å². The van der Waals surface area contributed by atoms with Crippen molar-refractivity contribution in [3.05, 3.63) is 78.3 Å². The Labute approximate surface area is 168 Å². The van der Waals surface area contributed by atoms with Gasteiger partial charge in [-0.25, -0.2) is 4.39 Å². The quantitative estimate of drug-likeness (QED) is 0.312. The molecule has 0 N–H and O–H groups in total. The van der Waals surface area contributed by atoms with E-state index in [1.807, 2.05) is 19.1 Å². The first-order chi connectivity index (χ1) is 13.4. The molecule has 0 saturated carbocycles. The normalized spacial score (nSPS) is 13.5. The smallest absolute Gasteiger partial charge is 0.207 e. The van der Waals surface area contributed by atoms with Gasteiger partial charge in [-0.2, -0.15) is 4.57 Å². The molecule has 28 heavy (non-hydrogen) atoms. The molecule has 1 atom stereocenters. The Hall–Kier alpha value is -2.48. The molecule has 3 aromatic rings. The van der Waals surface area contributed by atoms with Crippen LogP contribution in [0.15, 0.2) is 61.3 Å². The number of benzene rings is 2. The maximum Gasteiger partial charge on any atom is 0.220 e. The molecular weight excluding hydrogens is 345 g/mol. The molecule has 2 heteroatoms. The van der Waals surface area contributed by atoms with E-state index in [1.54, 1.807) is 6.07 Å². The van der Waals surface area contributed by atoms with Gasteiger partial charge in [0.2, 0.25) is 5.69 Å². The summed E-state index contributed by atoms with van der Waals surface area (Å²) in [6.07, 6.45) is 6.91. The second-order valence-corrected chi connectivity index (χ2v) is 8.00. The van der Waals surface area contributed by atoms with Crippen LogP contribution in [-0.2, 0) is 12.0 Å². The van der Waals surface area contributed by atoms with Crippen LogP contribution in [0.25, 0.3) is 22.0 Å². The van der Waals surface area contributed by atoms with Gasteiger partial charge in [0.15, 0.2) is 6.20 Å². The molecule has 3 rings (SSSR count). The Morgan fingerprint density at radius 2 is 1.89 bits per heavy atom. The van der Waals surface area contributed by atoms with E-state index in [-0.39, 0.29) is 11.2 Å². The predicted octanol–water partition coefficient (Wildman–Crippen LogP) is 6.90. The highest BCUT2D eigenvalue weighted by Crippen LogP contribution is 2.40. The van der Waals surface area contributed by atoms with E-state index >= 15 is 0 Å². The molecule has 1 unspecified atom stereocenters. The van der Waals surface area contributed by atoms with Gasteiger partial charge >= 0.3 is 0 Å². The van der Waals surface area contributed by atoms with Gasteiger partial charge in [0.1, 0.15) is 12.4 Å². The van der Waals surface area contributed by atoms with Gasteiger partial charge in [-0.3, -0.25) is 0 Å². The molecule has 0 amide bonds. The Morgan fingerprint density at radius 1 is 1.14 bits per heavy atom. The van der Waals surface area contributed by atoms with Crippen LogP contribution in [0.2, 0.25) is 0 Å². The lowest BCUT2D eigenvalue weighted by Gasteiger charge is -2.30. The van der Waals surface area contributed by atoms with Gasteiger partial charge in [0.25, 0.3) is 0 Å². The summed E-state index contributed by atoms with van der Waals surface area (Å²) < 4.78 is 17.0. The lowest BCUT2D eigenvalue weighted by Crippen LogP contribution is -2.36. The number of allylic oxidation sites excluding steroid dienone is 1. The summed E-state index contributed by atoms with van der Waals surface area (Å²) in [6, 6.07) is 14.4. The van der Waals surface area contributed by atoms with Crippen LogP contribution >= 0.6 is 0 Å². The first-order valence-corrected chi connectivity index (χ1v) is 10.3. The monoisotopic (exact) mass is 376 g/mol. The van der Waals surface area contributed by atoms with Crippen LogP contribution in [0.4, 0.5) is 4.39 Å². The van der Waals surface area contributed by atoms with E-state index in [4.69, 9.17) is 0 Å². The molecule has 1 heterocycles. The molecule has 0 aliphatic rings. The summed E-state index contributed by atoms with van der Waals surface area (Å²) in [4.78, 5) is 0. The number of rotatable bonds is 7. The number of aromatic nitrogens is 1. The van der Waals surface area contributed by atoms with Gasteiger partial charge in [-0.05, 0) is 59.9 Å². The first kappa shape index (κ1) is 20.3. The summed E-state index contributed by atoms with van der Waals surface area (Å²) >= 11 is 0. The third kappa shape index (κ3) is 3.61. The van der Waals surface area contributed by atoms with Crippen molar-refractivity contribution in [2.45, 2.75) is 58.9 Å². The van der Waals surface area contributed by atoms with Gasteiger partial charge in [-0.1, -0.05) is 45.0 Å². The fourth-order valence-electron chi connectivity index (χ4n) is 4.12. The van der Waals surface area contributed by atoms with Crippen LogP contribution in [0.3, 0.4) is 0 Å². The number of nitrogens with zero attached hydrogens (tertiary/aromatic N) is 1. The summed E-state index contributed by atoms with van der Waals surface area (Å²) in [5.74, 6) is -0.134. The zero-order valence-corrected chi connectivity index (χ0v) is 17.6. The SMILES string of the molecule is C=CCC(C)(CC)c1cc(F)c(C)cc1-c1c2ccccc2cc[n+]1CCC. The minimum absolute atomic E-state index is 0.134. The molecule has 0 aliphatic carbocycles. The van der Waals surface area contributed by atoms with E-state index in [2.05, 4.69) is 68.4 Å².